The second-order valence-corrected chi connectivity index (χ2v) is 0.118. The summed E-state index contributed by atoms with van der Waals surface area (Å²) in [6, 6.07) is 0. The fourth-order valence-electron chi connectivity index (χ4n) is 0. The first-order chi connectivity index (χ1) is 2.41. The number of hydrogen-bond acceptors (Lipinski definition) is 1. The van der Waals surface area contributed by atoms with Gasteiger partial charge in [-0.15, -0.1) is 0 Å². The van der Waals surface area contributed by atoms with Crippen LogP contribution >= 0.6 is 0 Å². The molecule has 0 saturated heterocycles. The third-order valence-corrected chi connectivity index (χ3v) is 0. The van der Waals surface area contributed by atoms with E-state index in [0.29, 0.717) is 0 Å². The minimum absolute atomic E-state index is 0. The molecule has 0 bridgehead atoms. The summed E-state index contributed by atoms with van der Waals surface area (Å²) in [4.78, 5) is 8.47. The van der Waals surface area contributed by atoms with Crippen LogP contribution in [0.25, 0.3) is 5.73 Å². The van der Waals surface area contributed by atoms with Crippen LogP contribution in [-0.4, -0.2) is 6.41 Å². The van der Waals surface area contributed by atoms with E-state index < -0.39 is 0 Å². The molecule has 0 saturated carbocycles. The monoisotopic (exact) mass is 253 g/mol. The summed E-state index contributed by atoms with van der Waals surface area (Å²) in [5, 5.41) is 0. The van der Waals surface area contributed by atoms with Crippen molar-refractivity contribution < 1.29 is 30.6 Å². The van der Waals surface area contributed by atoms with E-state index in [9.17, 15) is 0 Å². The molecule has 0 aromatic heterocycles. The molecule has 0 aliphatic rings. The molecular formula is C3H7HfNO-2. The maximum Gasteiger partial charge on any atom is 0.0344 e. The molecule has 1 N–H and O–H groups in total. The Balaban J connectivity index is -0.0000000275. The van der Waals surface area contributed by atoms with Crippen molar-refractivity contribution in [3.05, 3.63) is 12.7 Å². The standard InChI is InChI=1S/C2H5.CH3NO.Hf/c1-2;2-1-3;/h1H2,2H3;1H,(H2,2,3);/q-1;;/p-1. The third-order valence-electron chi connectivity index (χ3n) is 0. The SMILES string of the molecule is [CH2-]C.[Hf].[NH-]C=O. The number of carbonyl (C=O) groups is 1. The summed E-state index contributed by atoms with van der Waals surface area (Å²) in [6.07, 6.45) is 0. The van der Waals surface area contributed by atoms with Crippen molar-refractivity contribution in [2.45, 2.75) is 6.92 Å². The number of amides is 1. The third kappa shape index (κ3) is 419. The first-order valence-corrected chi connectivity index (χ1v) is 1.23. The number of carbonyl (C=O) groups excluding carboxylic acids is 1. The van der Waals surface area contributed by atoms with E-state index in [1.807, 2.05) is 0 Å². The van der Waals surface area contributed by atoms with Crippen LogP contribution in [-0.2, 0) is 30.6 Å². The minimum atomic E-state index is 0. The van der Waals surface area contributed by atoms with Crippen LogP contribution in [0.3, 0.4) is 0 Å². The maximum atomic E-state index is 8.47. The molecule has 0 aromatic rings. The zero-order valence-corrected chi connectivity index (χ0v) is 7.29. The number of hydrogen-bond donors (Lipinski definition) is 0. The minimum Gasteiger partial charge on any atom is -0.671 e. The molecule has 0 aliphatic heterocycles. The van der Waals surface area contributed by atoms with Crippen LogP contribution < -0.4 is 0 Å². The fraction of sp³-hybridized carbons (Fsp3) is 0.333. The molecule has 0 radical (unpaired) electrons. The predicted molar refractivity (Wildman–Crippen MR) is 21.4 cm³/mol. The van der Waals surface area contributed by atoms with Crippen molar-refractivity contribution in [1.82, 2.24) is 0 Å². The largest absolute Gasteiger partial charge is 0.671 e. The van der Waals surface area contributed by atoms with Gasteiger partial charge in [-0.3, -0.25) is 0 Å². The van der Waals surface area contributed by atoms with Crippen molar-refractivity contribution in [2.75, 3.05) is 0 Å². The Kier molecular flexibility index (Phi) is 151. The van der Waals surface area contributed by atoms with Gasteiger partial charge in [0.25, 0.3) is 0 Å². The summed E-state index contributed by atoms with van der Waals surface area (Å²) in [7, 11) is 0. The van der Waals surface area contributed by atoms with Crippen molar-refractivity contribution in [3.63, 3.8) is 0 Å². The van der Waals surface area contributed by atoms with Crippen LogP contribution in [0.5, 0.6) is 0 Å². The second-order valence-electron chi connectivity index (χ2n) is 0.118. The Bertz CT molecular complexity index is 18.3. The van der Waals surface area contributed by atoms with Gasteiger partial charge in [0.2, 0.25) is 0 Å². The summed E-state index contributed by atoms with van der Waals surface area (Å²) in [5.41, 5.74) is 5.53. The Morgan fingerprint density at radius 3 is 1.67 bits per heavy atom. The van der Waals surface area contributed by atoms with Gasteiger partial charge in [0, 0.05) is 32.3 Å². The Hall–Kier alpha value is 0.340. The van der Waals surface area contributed by atoms with Crippen molar-refractivity contribution >= 4 is 6.41 Å². The van der Waals surface area contributed by atoms with E-state index in [1.165, 1.54) is 0 Å². The molecule has 1 amide bonds. The topological polar surface area (TPSA) is 40.9 Å². The van der Waals surface area contributed by atoms with Crippen LogP contribution in [0.2, 0.25) is 0 Å². The van der Waals surface area contributed by atoms with Crippen LogP contribution in [0.1, 0.15) is 6.92 Å². The molecule has 2 nitrogen and oxygen atoms in total. The first-order valence-electron chi connectivity index (χ1n) is 1.23. The number of nitrogens with one attached hydrogen (secondary N) is 1. The Morgan fingerprint density at radius 1 is 1.67 bits per heavy atom. The van der Waals surface area contributed by atoms with Crippen LogP contribution in [0, 0.1) is 6.92 Å². The van der Waals surface area contributed by atoms with E-state index in [0.717, 1.165) is 0 Å². The van der Waals surface area contributed by atoms with Crippen molar-refractivity contribution in [1.29, 1.82) is 0 Å². The van der Waals surface area contributed by atoms with Gasteiger partial charge in [0.05, 0.1) is 0 Å². The predicted octanol–water partition coefficient (Wildman–Crippen LogP) is 1.03. The van der Waals surface area contributed by atoms with Crippen molar-refractivity contribution in [3.8, 4) is 0 Å². The normalized spacial score (nSPS) is 3.00. The Labute approximate surface area is 56.9 Å². The molecule has 0 unspecified atom stereocenters. The zero-order chi connectivity index (χ0) is 4.71. The molecule has 0 aromatic carbocycles. The molecule has 0 spiro atoms. The average molecular weight is 252 g/mol. The van der Waals surface area contributed by atoms with Gasteiger partial charge in [0.15, 0.2) is 0 Å². The average Bonchev–Trinajstić information content (AvgIpc) is 1.46. The van der Waals surface area contributed by atoms with Gasteiger partial charge in [-0.2, -0.15) is 6.92 Å². The summed E-state index contributed by atoms with van der Waals surface area (Å²) in [6.45, 7) is 5.00. The van der Waals surface area contributed by atoms with E-state index >= 15 is 0 Å². The van der Waals surface area contributed by atoms with Crippen LogP contribution in [0.4, 0.5) is 0 Å². The van der Waals surface area contributed by atoms with E-state index in [4.69, 9.17) is 10.5 Å². The van der Waals surface area contributed by atoms with Crippen LogP contribution in [0.15, 0.2) is 0 Å². The van der Waals surface area contributed by atoms with Gasteiger partial charge >= 0.3 is 0 Å². The number of rotatable bonds is 0. The summed E-state index contributed by atoms with van der Waals surface area (Å²) >= 11 is 0. The molecule has 0 aliphatic carbocycles. The van der Waals surface area contributed by atoms with Crippen molar-refractivity contribution in [2.24, 2.45) is 0 Å². The molecule has 0 fully saturated rings. The van der Waals surface area contributed by atoms with Gasteiger partial charge < -0.3 is 17.5 Å². The van der Waals surface area contributed by atoms with E-state index in [2.05, 4.69) is 6.92 Å². The summed E-state index contributed by atoms with van der Waals surface area (Å²) in [5.74, 6) is 0. The fourth-order valence-corrected chi connectivity index (χ4v) is 0. The zero-order valence-electron chi connectivity index (χ0n) is 3.69. The molecule has 0 heterocycles. The molecule has 3 heteroatoms. The van der Waals surface area contributed by atoms with Gasteiger partial charge in [-0.1, -0.05) is 0 Å². The summed E-state index contributed by atoms with van der Waals surface area (Å²) < 4.78 is 0. The molecule has 0 rings (SSSR count). The van der Waals surface area contributed by atoms with E-state index in [1.54, 1.807) is 6.92 Å². The first kappa shape index (κ1) is 16.2. The maximum absolute atomic E-state index is 8.47. The molecule has 36 valence electrons. The van der Waals surface area contributed by atoms with Gasteiger partial charge in [0.1, 0.15) is 0 Å². The van der Waals surface area contributed by atoms with Gasteiger partial charge in [-0.25, -0.2) is 0 Å². The van der Waals surface area contributed by atoms with Gasteiger partial charge in [-0.05, 0) is 0 Å². The Morgan fingerprint density at radius 2 is 1.67 bits per heavy atom. The molecular weight excluding hydrogens is 245 g/mol. The van der Waals surface area contributed by atoms with E-state index in [-0.39, 0.29) is 32.3 Å². The smallest absolute Gasteiger partial charge is 0.0344 e. The second kappa shape index (κ2) is 56.0. The quantitative estimate of drug-likeness (QED) is 0.360. The molecule has 0 atom stereocenters. The molecule has 6 heavy (non-hydrogen) atoms.